The summed E-state index contributed by atoms with van der Waals surface area (Å²) in [5.41, 5.74) is -3.88. The first kappa shape index (κ1) is 22.8. The van der Waals surface area contributed by atoms with E-state index in [4.69, 9.17) is 23.7 Å². The van der Waals surface area contributed by atoms with Gasteiger partial charge in [0.05, 0.1) is 30.1 Å². The summed E-state index contributed by atoms with van der Waals surface area (Å²) in [7, 11) is 2.82. The molecule has 1 N–H and O–H groups in total. The van der Waals surface area contributed by atoms with E-state index in [1.54, 1.807) is 6.92 Å². The Hall–Kier alpha value is -1.97. The maximum atomic E-state index is 13.5. The summed E-state index contributed by atoms with van der Waals surface area (Å²) in [5, 5.41) is 11.5. The zero-order valence-electron chi connectivity index (χ0n) is 19.5. The molecule has 1 heterocycles. The zero-order chi connectivity index (χ0) is 24.0. The van der Waals surface area contributed by atoms with Crippen molar-refractivity contribution < 1.29 is 43.2 Å². The molecule has 33 heavy (non-hydrogen) atoms. The lowest BCUT2D eigenvalue weighted by Gasteiger charge is -2.46. The number of rotatable bonds is 5. The topological polar surface area (TPSA) is 118 Å². The molecule has 0 unspecified atom stereocenters. The van der Waals surface area contributed by atoms with E-state index in [1.807, 2.05) is 0 Å². The Morgan fingerprint density at radius 2 is 1.97 bits per heavy atom. The van der Waals surface area contributed by atoms with Crippen LogP contribution in [0.2, 0.25) is 0 Å². The minimum atomic E-state index is -1.26. The van der Waals surface area contributed by atoms with Crippen LogP contribution in [0.3, 0.4) is 0 Å². The SMILES string of the molecule is C=C1[C@@H](OC(C)=O)[C@@]23C[C@]1(O)CC[C@H]2[C@@]12CC[C@H](OCOC)[C@@](C)(C(=O)O1)[C@H]2[C@@H]3C(=O)OC. The highest BCUT2D eigenvalue weighted by atomic mass is 16.7. The van der Waals surface area contributed by atoms with E-state index in [9.17, 15) is 19.5 Å². The average Bonchev–Trinajstić information content (AvgIpc) is 3.17. The van der Waals surface area contributed by atoms with Crippen LogP contribution >= 0.6 is 0 Å². The van der Waals surface area contributed by atoms with Crippen molar-refractivity contribution in [2.75, 3.05) is 21.0 Å². The molecule has 9 heteroatoms. The highest BCUT2D eigenvalue weighted by Gasteiger charge is 2.87. The van der Waals surface area contributed by atoms with E-state index in [2.05, 4.69) is 6.58 Å². The van der Waals surface area contributed by atoms with E-state index in [-0.39, 0.29) is 19.1 Å². The normalized spacial score (nSPS) is 49.3. The van der Waals surface area contributed by atoms with Gasteiger partial charge >= 0.3 is 17.9 Å². The van der Waals surface area contributed by atoms with Crippen molar-refractivity contribution in [2.24, 2.45) is 28.6 Å². The second-order valence-electron chi connectivity index (χ2n) is 10.6. The minimum absolute atomic E-state index is 0.0113. The van der Waals surface area contributed by atoms with Crippen LogP contribution in [-0.4, -0.2) is 67.4 Å². The number of hydrogen-bond acceptors (Lipinski definition) is 9. The van der Waals surface area contributed by atoms with Crippen LogP contribution in [0.4, 0.5) is 0 Å². The van der Waals surface area contributed by atoms with Gasteiger partial charge < -0.3 is 28.8 Å². The summed E-state index contributed by atoms with van der Waals surface area (Å²) >= 11 is 0. The van der Waals surface area contributed by atoms with Gasteiger partial charge in [-0.1, -0.05) is 6.58 Å². The Bertz CT molecular complexity index is 931. The van der Waals surface area contributed by atoms with Gasteiger partial charge in [-0.25, -0.2) is 0 Å². The van der Waals surface area contributed by atoms with Crippen molar-refractivity contribution in [1.29, 1.82) is 0 Å². The molecule has 1 saturated heterocycles. The highest BCUT2D eigenvalue weighted by Crippen LogP contribution is 2.79. The zero-order valence-corrected chi connectivity index (χ0v) is 19.5. The van der Waals surface area contributed by atoms with Crippen LogP contribution < -0.4 is 0 Å². The molecular weight excluding hydrogens is 432 g/mol. The van der Waals surface area contributed by atoms with Crippen molar-refractivity contribution in [1.82, 2.24) is 0 Å². The lowest BCUT2D eigenvalue weighted by atomic mass is 9.58. The number of fused-ring (bicyclic) bond motifs is 1. The molecule has 5 rings (SSSR count). The third-order valence-electron chi connectivity index (χ3n) is 9.49. The molecule has 1 aliphatic heterocycles. The molecule has 182 valence electrons. The van der Waals surface area contributed by atoms with Gasteiger partial charge in [0, 0.05) is 31.3 Å². The Kier molecular flexibility index (Phi) is 4.85. The van der Waals surface area contributed by atoms with E-state index in [1.165, 1.54) is 21.1 Å². The number of carbonyl (C=O) groups is 3. The molecule has 0 aromatic heterocycles. The molecule has 4 aliphatic carbocycles. The number of esters is 3. The fourth-order valence-electron chi connectivity index (χ4n) is 8.49. The number of carbonyl (C=O) groups excluding carboxylic acids is 3. The fraction of sp³-hybridized carbons (Fsp3) is 0.792. The van der Waals surface area contributed by atoms with E-state index >= 15 is 0 Å². The second kappa shape index (κ2) is 7.02. The van der Waals surface area contributed by atoms with E-state index in [0.717, 1.165) is 0 Å². The van der Waals surface area contributed by atoms with Crippen molar-refractivity contribution >= 4 is 17.9 Å². The Balaban J connectivity index is 1.72. The van der Waals surface area contributed by atoms with Crippen LogP contribution in [0.5, 0.6) is 0 Å². The first-order valence-electron chi connectivity index (χ1n) is 11.5. The lowest BCUT2D eigenvalue weighted by molar-refractivity contribution is -0.180. The summed E-state index contributed by atoms with van der Waals surface area (Å²) in [6, 6.07) is 0. The smallest absolute Gasteiger partial charge is 0.315 e. The third kappa shape index (κ3) is 2.51. The number of aliphatic hydroxyl groups is 1. The molecule has 5 fully saturated rings. The lowest BCUT2D eigenvalue weighted by Crippen LogP contribution is -2.54. The summed E-state index contributed by atoms with van der Waals surface area (Å²) in [6.07, 6.45) is 0.803. The maximum Gasteiger partial charge on any atom is 0.315 e. The summed E-state index contributed by atoms with van der Waals surface area (Å²) < 4.78 is 28.4. The van der Waals surface area contributed by atoms with Crippen molar-refractivity contribution in [3.8, 4) is 0 Å². The summed E-state index contributed by atoms with van der Waals surface area (Å²) in [5.74, 6) is -3.10. The monoisotopic (exact) mass is 464 g/mol. The molecule has 0 radical (unpaired) electrons. The molecular formula is C24H32O9. The van der Waals surface area contributed by atoms with Gasteiger partial charge in [-0.2, -0.15) is 0 Å². The van der Waals surface area contributed by atoms with E-state index < -0.39 is 64.0 Å². The Morgan fingerprint density at radius 1 is 1.24 bits per heavy atom. The Morgan fingerprint density at radius 3 is 2.61 bits per heavy atom. The quantitative estimate of drug-likeness (QED) is 0.280. The molecule has 4 saturated carbocycles. The molecule has 0 amide bonds. The van der Waals surface area contributed by atoms with E-state index in [0.29, 0.717) is 31.3 Å². The average molecular weight is 465 g/mol. The van der Waals surface area contributed by atoms with Gasteiger partial charge in [-0.05, 0) is 44.6 Å². The molecule has 9 atom stereocenters. The molecule has 9 nitrogen and oxygen atoms in total. The highest BCUT2D eigenvalue weighted by molar-refractivity contribution is 5.86. The number of ether oxygens (including phenoxy) is 5. The first-order chi connectivity index (χ1) is 15.5. The summed E-state index contributed by atoms with van der Waals surface area (Å²) in [6.45, 7) is 7.23. The second-order valence-corrected chi connectivity index (χ2v) is 10.6. The molecule has 1 spiro atoms. The van der Waals surface area contributed by atoms with Crippen LogP contribution in [0.1, 0.15) is 46.0 Å². The van der Waals surface area contributed by atoms with Crippen LogP contribution in [-0.2, 0) is 38.1 Å². The predicted molar refractivity (Wildman–Crippen MR) is 111 cm³/mol. The van der Waals surface area contributed by atoms with Gasteiger partial charge in [0.25, 0.3) is 0 Å². The molecule has 0 aromatic rings. The minimum Gasteiger partial charge on any atom is -0.469 e. The fourth-order valence-corrected chi connectivity index (χ4v) is 8.49. The van der Waals surface area contributed by atoms with Gasteiger partial charge in [0.15, 0.2) is 0 Å². The number of methoxy groups -OCH3 is 2. The molecule has 5 aliphatic rings. The van der Waals surface area contributed by atoms with Gasteiger partial charge in [-0.15, -0.1) is 0 Å². The van der Waals surface area contributed by atoms with Crippen molar-refractivity contribution in [2.45, 2.75) is 69.4 Å². The maximum absolute atomic E-state index is 13.5. The van der Waals surface area contributed by atoms with Gasteiger partial charge in [0.1, 0.15) is 18.5 Å². The van der Waals surface area contributed by atoms with Gasteiger partial charge in [-0.3, -0.25) is 14.4 Å². The van der Waals surface area contributed by atoms with Gasteiger partial charge in [0.2, 0.25) is 0 Å². The standard InChI is InChI=1S/C24H32O9/c1-12-18(32-13(2)25)23-10-22(12,28)8-6-14(23)24-9-7-15(31-11-29-4)21(3,20(27)33-24)17(24)16(23)19(26)30-5/h14-18,28H,1,6-11H2,2-5H3/t14-,15+,16-,17-,18-,21-,22-,23+,24-/m1/s1. The summed E-state index contributed by atoms with van der Waals surface area (Å²) in [4.78, 5) is 39.1. The third-order valence-corrected chi connectivity index (χ3v) is 9.49. The molecule has 4 bridgehead atoms. The Labute approximate surface area is 192 Å². The van der Waals surface area contributed by atoms with Crippen LogP contribution in [0.15, 0.2) is 12.2 Å². The van der Waals surface area contributed by atoms with Crippen LogP contribution in [0.25, 0.3) is 0 Å². The largest absolute Gasteiger partial charge is 0.469 e. The van der Waals surface area contributed by atoms with Crippen molar-refractivity contribution in [3.05, 3.63) is 12.2 Å². The predicted octanol–water partition coefficient (Wildman–Crippen LogP) is 1.51. The molecule has 0 aromatic carbocycles. The van der Waals surface area contributed by atoms with Crippen LogP contribution in [0, 0.1) is 28.6 Å². The van der Waals surface area contributed by atoms with Crippen molar-refractivity contribution in [3.63, 3.8) is 0 Å². The first-order valence-corrected chi connectivity index (χ1v) is 11.5. The number of hydrogen-bond donors (Lipinski definition) is 1.